The Morgan fingerprint density at radius 1 is 1.38 bits per heavy atom. The van der Waals surface area contributed by atoms with Crippen molar-refractivity contribution >= 4 is 0 Å². The zero-order valence-electron chi connectivity index (χ0n) is 9.99. The fourth-order valence-electron chi connectivity index (χ4n) is 1.88. The van der Waals surface area contributed by atoms with Gasteiger partial charge in [-0.1, -0.05) is 38.0 Å². The molecule has 1 fully saturated rings. The summed E-state index contributed by atoms with van der Waals surface area (Å²) in [5.74, 6) is 1.89. The lowest BCUT2D eigenvalue weighted by molar-refractivity contribution is 0.297. The highest BCUT2D eigenvalue weighted by Crippen LogP contribution is 2.33. The molecule has 0 aromatic heterocycles. The van der Waals surface area contributed by atoms with E-state index >= 15 is 0 Å². The van der Waals surface area contributed by atoms with Crippen LogP contribution in [0.4, 0.5) is 0 Å². The Kier molecular flexibility index (Phi) is 3.83. The van der Waals surface area contributed by atoms with E-state index in [1.54, 1.807) is 0 Å². The highest BCUT2D eigenvalue weighted by molar-refractivity contribution is 5.35. The van der Waals surface area contributed by atoms with Crippen LogP contribution < -0.4 is 10.5 Å². The number of rotatable bonds is 6. The van der Waals surface area contributed by atoms with Crippen LogP contribution in [0.25, 0.3) is 0 Å². The SMILES string of the molecule is CC[C@H](N)c1ccccc1OCCC1CC1. The number of nitrogens with two attached hydrogens (primary N) is 1. The maximum Gasteiger partial charge on any atom is 0.124 e. The molecule has 0 saturated heterocycles. The summed E-state index contributed by atoms with van der Waals surface area (Å²) >= 11 is 0. The lowest BCUT2D eigenvalue weighted by Gasteiger charge is -2.15. The van der Waals surface area contributed by atoms with Gasteiger partial charge < -0.3 is 10.5 Å². The molecule has 1 aromatic rings. The average Bonchev–Trinajstić information content (AvgIpc) is 3.13. The average molecular weight is 219 g/mol. The second-order valence-corrected chi connectivity index (χ2v) is 4.63. The molecular weight excluding hydrogens is 198 g/mol. The van der Waals surface area contributed by atoms with Crippen molar-refractivity contribution in [3.8, 4) is 5.75 Å². The lowest BCUT2D eigenvalue weighted by atomic mass is 10.0. The molecule has 2 heteroatoms. The summed E-state index contributed by atoms with van der Waals surface area (Å²) in [6, 6.07) is 8.23. The molecule has 88 valence electrons. The summed E-state index contributed by atoms with van der Waals surface area (Å²) in [5, 5.41) is 0. The summed E-state index contributed by atoms with van der Waals surface area (Å²) in [7, 11) is 0. The number of hydrogen-bond donors (Lipinski definition) is 1. The van der Waals surface area contributed by atoms with Crippen LogP contribution in [0.2, 0.25) is 0 Å². The largest absolute Gasteiger partial charge is 0.493 e. The van der Waals surface area contributed by atoms with Crippen molar-refractivity contribution in [2.45, 2.75) is 38.6 Å². The van der Waals surface area contributed by atoms with Gasteiger partial charge in [0.05, 0.1) is 6.61 Å². The monoisotopic (exact) mass is 219 g/mol. The van der Waals surface area contributed by atoms with Gasteiger partial charge in [0.1, 0.15) is 5.75 Å². The van der Waals surface area contributed by atoms with Gasteiger partial charge >= 0.3 is 0 Å². The third kappa shape index (κ3) is 2.99. The first-order valence-electron chi connectivity index (χ1n) is 6.28. The molecule has 0 aliphatic heterocycles. The summed E-state index contributed by atoms with van der Waals surface area (Å²) in [4.78, 5) is 0. The molecule has 1 atom stereocenters. The molecule has 0 heterocycles. The fraction of sp³-hybridized carbons (Fsp3) is 0.571. The van der Waals surface area contributed by atoms with Crippen LogP contribution in [-0.4, -0.2) is 6.61 Å². The van der Waals surface area contributed by atoms with Crippen LogP contribution in [0, 0.1) is 5.92 Å². The van der Waals surface area contributed by atoms with Gasteiger partial charge in [-0.3, -0.25) is 0 Å². The van der Waals surface area contributed by atoms with E-state index in [0.29, 0.717) is 0 Å². The minimum Gasteiger partial charge on any atom is -0.493 e. The van der Waals surface area contributed by atoms with E-state index in [1.807, 2.05) is 18.2 Å². The summed E-state index contributed by atoms with van der Waals surface area (Å²) < 4.78 is 5.83. The van der Waals surface area contributed by atoms with E-state index in [0.717, 1.165) is 30.3 Å². The van der Waals surface area contributed by atoms with Crippen LogP contribution in [-0.2, 0) is 0 Å². The van der Waals surface area contributed by atoms with Crippen molar-refractivity contribution in [2.75, 3.05) is 6.61 Å². The number of benzene rings is 1. The molecule has 2 rings (SSSR count). The van der Waals surface area contributed by atoms with Gasteiger partial charge in [-0.15, -0.1) is 0 Å². The smallest absolute Gasteiger partial charge is 0.124 e. The Morgan fingerprint density at radius 2 is 2.12 bits per heavy atom. The van der Waals surface area contributed by atoms with E-state index in [9.17, 15) is 0 Å². The van der Waals surface area contributed by atoms with Crippen molar-refractivity contribution in [3.05, 3.63) is 29.8 Å². The Labute approximate surface area is 97.8 Å². The van der Waals surface area contributed by atoms with Gasteiger partial charge in [-0.05, 0) is 24.8 Å². The van der Waals surface area contributed by atoms with Gasteiger partial charge in [0.2, 0.25) is 0 Å². The fourth-order valence-corrected chi connectivity index (χ4v) is 1.88. The molecule has 0 bridgehead atoms. The molecular formula is C14H21NO. The Balaban J connectivity index is 1.94. The van der Waals surface area contributed by atoms with Crippen molar-refractivity contribution in [2.24, 2.45) is 11.7 Å². The topological polar surface area (TPSA) is 35.2 Å². The van der Waals surface area contributed by atoms with Crippen LogP contribution in [0.5, 0.6) is 5.75 Å². The van der Waals surface area contributed by atoms with Crippen molar-refractivity contribution in [3.63, 3.8) is 0 Å². The third-order valence-electron chi connectivity index (χ3n) is 3.24. The molecule has 0 unspecified atom stereocenters. The minimum atomic E-state index is 0.0946. The zero-order chi connectivity index (χ0) is 11.4. The van der Waals surface area contributed by atoms with Crippen LogP contribution in [0.15, 0.2) is 24.3 Å². The second-order valence-electron chi connectivity index (χ2n) is 4.63. The standard InChI is InChI=1S/C14H21NO/c1-2-13(15)12-5-3-4-6-14(12)16-10-9-11-7-8-11/h3-6,11,13H,2,7-10,15H2,1H3/t13-/m0/s1. The molecule has 0 spiro atoms. The molecule has 1 aliphatic carbocycles. The minimum absolute atomic E-state index is 0.0946. The van der Waals surface area contributed by atoms with Crippen LogP contribution >= 0.6 is 0 Å². The number of para-hydroxylation sites is 1. The molecule has 1 aliphatic rings. The van der Waals surface area contributed by atoms with Crippen molar-refractivity contribution < 1.29 is 4.74 Å². The van der Waals surface area contributed by atoms with E-state index in [1.165, 1.54) is 19.3 Å². The molecule has 16 heavy (non-hydrogen) atoms. The van der Waals surface area contributed by atoms with Gasteiger partial charge in [-0.25, -0.2) is 0 Å². The third-order valence-corrected chi connectivity index (χ3v) is 3.24. The molecule has 2 N–H and O–H groups in total. The van der Waals surface area contributed by atoms with Gasteiger partial charge in [-0.2, -0.15) is 0 Å². The van der Waals surface area contributed by atoms with Crippen LogP contribution in [0.3, 0.4) is 0 Å². The normalized spacial score (nSPS) is 17.1. The maximum absolute atomic E-state index is 6.06. The molecule has 2 nitrogen and oxygen atoms in total. The summed E-state index contributed by atoms with van der Waals surface area (Å²) in [6.45, 7) is 2.93. The van der Waals surface area contributed by atoms with Crippen LogP contribution in [0.1, 0.15) is 44.2 Å². The van der Waals surface area contributed by atoms with E-state index in [2.05, 4.69) is 13.0 Å². The molecule has 1 saturated carbocycles. The molecule has 1 aromatic carbocycles. The molecule has 0 amide bonds. The maximum atomic E-state index is 6.06. The first-order chi connectivity index (χ1) is 7.81. The predicted octanol–water partition coefficient (Wildman–Crippen LogP) is 3.28. The zero-order valence-corrected chi connectivity index (χ0v) is 9.99. The number of ether oxygens (including phenoxy) is 1. The second kappa shape index (κ2) is 5.35. The Hall–Kier alpha value is -1.02. The predicted molar refractivity (Wildman–Crippen MR) is 66.5 cm³/mol. The highest BCUT2D eigenvalue weighted by atomic mass is 16.5. The Bertz CT molecular complexity index is 333. The highest BCUT2D eigenvalue weighted by Gasteiger charge is 2.21. The van der Waals surface area contributed by atoms with E-state index in [4.69, 9.17) is 10.5 Å². The van der Waals surface area contributed by atoms with Crippen molar-refractivity contribution in [1.82, 2.24) is 0 Å². The summed E-state index contributed by atoms with van der Waals surface area (Å²) in [5.41, 5.74) is 7.20. The van der Waals surface area contributed by atoms with Crippen molar-refractivity contribution in [1.29, 1.82) is 0 Å². The quantitative estimate of drug-likeness (QED) is 0.797. The van der Waals surface area contributed by atoms with Gasteiger partial charge in [0, 0.05) is 11.6 Å². The summed E-state index contributed by atoms with van der Waals surface area (Å²) in [6.07, 6.45) is 4.91. The van der Waals surface area contributed by atoms with E-state index in [-0.39, 0.29) is 6.04 Å². The first kappa shape index (κ1) is 11.5. The van der Waals surface area contributed by atoms with E-state index < -0.39 is 0 Å². The number of hydrogen-bond acceptors (Lipinski definition) is 2. The molecule has 0 radical (unpaired) electrons. The van der Waals surface area contributed by atoms with Gasteiger partial charge in [0.15, 0.2) is 0 Å². The van der Waals surface area contributed by atoms with Gasteiger partial charge in [0.25, 0.3) is 0 Å². The lowest BCUT2D eigenvalue weighted by Crippen LogP contribution is -2.11. The first-order valence-corrected chi connectivity index (χ1v) is 6.28. The Morgan fingerprint density at radius 3 is 2.81 bits per heavy atom.